The molecule has 0 unspecified atom stereocenters. The molecule has 6 aromatic carbocycles. The van der Waals surface area contributed by atoms with Gasteiger partial charge < -0.3 is 28.4 Å². The molecule has 0 radical (unpaired) electrons. The van der Waals surface area contributed by atoms with Crippen molar-refractivity contribution in [3.63, 3.8) is 0 Å². The van der Waals surface area contributed by atoms with Crippen LogP contribution in [0.1, 0.15) is 114 Å². The van der Waals surface area contributed by atoms with Crippen molar-refractivity contribution in [1.82, 2.24) is 0 Å². The smallest absolute Gasteiger partial charge is 0.194 e. The van der Waals surface area contributed by atoms with Gasteiger partial charge in [0.1, 0.15) is 0 Å². The monoisotopic (exact) mass is 1050 g/mol. The van der Waals surface area contributed by atoms with Gasteiger partial charge in [0, 0.05) is 34.4 Å². The second-order valence-electron chi connectivity index (χ2n) is 19.1. The van der Waals surface area contributed by atoms with Crippen LogP contribution in [0, 0.1) is 70.1 Å². The minimum absolute atomic E-state index is 0.284. The molecule has 9 rings (SSSR count). The van der Waals surface area contributed by atoms with Crippen LogP contribution in [0.25, 0.3) is 33.4 Å². The average molecular weight is 1050 g/mol. The molecule has 0 spiro atoms. The lowest BCUT2D eigenvalue weighted by Gasteiger charge is -2.29. The zero-order valence-corrected chi connectivity index (χ0v) is 42.3. The molecule has 0 saturated carbocycles. The van der Waals surface area contributed by atoms with Crippen LogP contribution in [0.3, 0.4) is 0 Å². The van der Waals surface area contributed by atoms with Gasteiger partial charge in [0.25, 0.3) is 0 Å². The van der Waals surface area contributed by atoms with Crippen molar-refractivity contribution in [2.45, 2.75) is 97.4 Å². The Hall–Kier alpha value is -5.55. The third-order valence-corrected chi connectivity index (χ3v) is 13.3. The molecule has 0 atom stereocenters. The fourth-order valence-electron chi connectivity index (χ4n) is 8.96. The Kier molecular flexibility index (Phi) is 21.3. The molecule has 6 aromatic rings. The Bertz CT molecular complexity index is 2650. The molecule has 3 aliphatic heterocycles. The number of halogens is 9. The highest BCUT2D eigenvalue weighted by molar-refractivity contribution is 5.66. The molecule has 0 aromatic heterocycles. The Balaban J connectivity index is 0.000000164. The first-order valence-electron chi connectivity index (χ1n) is 25.7. The van der Waals surface area contributed by atoms with E-state index in [1.807, 2.05) is 0 Å². The van der Waals surface area contributed by atoms with Gasteiger partial charge in [-0.25, -0.2) is 39.5 Å². The third-order valence-electron chi connectivity index (χ3n) is 13.3. The molecule has 0 N–H and O–H groups in total. The standard InChI is InChI=1S/C21H23F3O2.C20H21F3O2.C19H19F3O2/c1-2-3-4-5-14-12-25-21(26-13-14)16-8-6-15(7-9-16)17-10-18(22)20(24)19(23)11-17;1-2-3-4-13-11-24-20(25-12-13)15-7-5-14(6-8-15)16-9-17(21)19(23)18(22)10-16;1-2-3-12-10-23-19(24-11-12)14-6-4-13(5-7-14)15-8-16(20)18(22)17(21)9-15/h6-11,14,21H,2-5,12-13H2,1H3;5-10,13,20H,2-4,11-12H2,1H3;4-9,12,19H,2-3,10-11H2,1H3. The van der Waals surface area contributed by atoms with E-state index in [9.17, 15) is 39.5 Å². The molecular weight excluding hydrogens is 988 g/mol. The van der Waals surface area contributed by atoms with Crippen LogP contribution >= 0.6 is 0 Å². The first-order chi connectivity index (χ1) is 36.2. The van der Waals surface area contributed by atoms with E-state index in [2.05, 4.69) is 20.8 Å². The van der Waals surface area contributed by atoms with Crippen molar-refractivity contribution in [1.29, 1.82) is 0 Å². The Morgan fingerprint density at radius 2 is 0.560 bits per heavy atom. The molecule has 75 heavy (non-hydrogen) atoms. The summed E-state index contributed by atoms with van der Waals surface area (Å²) in [6.07, 6.45) is 9.07. The SMILES string of the molecule is CCCC1COC(c2ccc(-c3cc(F)c(F)c(F)c3)cc2)OC1.CCCCC1COC(c2ccc(-c3cc(F)c(F)c(F)c3)cc2)OC1.CCCCCC1COC(c2ccc(-c3cc(F)c(F)c(F)c3)cc2)OC1. The summed E-state index contributed by atoms with van der Waals surface area (Å²) in [6.45, 7) is 10.5. The highest BCUT2D eigenvalue weighted by Gasteiger charge is 2.26. The summed E-state index contributed by atoms with van der Waals surface area (Å²) in [4.78, 5) is 0. The average Bonchev–Trinajstić information content (AvgIpc) is 3.43. The van der Waals surface area contributed by atoms with Gasteiger partial charge in [0.15, 0.2) is 71.2 Å². The van der Waals surface area contributed by atoms with E-state index in [0.29, 0.717) is 74.1 Å². The number of rotatable bonds is 15. The lowest BCUT2D eigenvalue weighted by molar-refractivity contribution is -0.206. The molecule has 6 nitrogen and oxygen atoms in total. The van der Waals surface area contributed by atoms with Gasteiger partial charge in [-0.15, -0.1) is 0 Å². The number of hydrogen-bond acceptors (Lipinski definition) is 6. The molecule has 0 aliphatic carbocycles. The van der Waals surface area contributed by atoms with Crippen LogP contribution < -0.4 is 0 Å². The van der Waals surface area contributed by atoms with Crippen molar-refractivity contribution >= 4 is 0 Å². The molecule has 3 fully saturated rings. The van der Waals surface area contributed by atoms with Gasteiger partial charge in [-0.05, 0) is 89.0 Å². The normalized spacial score (nSPS) is 20.6. The topological polar surface area (TPSA) is 55.4 Å². The minimum Gasteiger partial charge on any atom is -0.348 e. The van der Waals surface area contributed by atoms with E-state index in [0.717, 1.165) is 85.2 Å². The van der Waals surface area contributed by atoms with E-state index in [4.69, 9.17) is 28.4 Å². The lowest BCUT2D eigenvalue weighted by Crippen LogP contribution is -2.27. The summed E-state index contributed by atoms with van der Waals surface area (Å²) in [6, 6.07) is 27.0. The van der Waals surface area contributed by atoms with Crippen molar-refractivity contribution in [2.75, 3.05) is 39.6 Å². The number of ether oxygens (including phenoxy) is 6. The summed E-state index contributed by atoms with van der Waals surface area (Å²) in [7, 11) is 0. The summed E-state index contributed by atoms with van der Waals surface area (Å²) in [5, 5.41) is 0. The van der Waals surface area contributed by atoms with Gasteiger partial charge in [0.05, 0.1) is 39.6 Å². The fourth-order valence-corrected chi connectivity index (χ4v) is 8.96. The predicted octanol–water partition coefficient (Wildman–Crippen LogP) is 16.9. The van der Waals surface area contributed by atoms with Crippen molar-refractivity contribution in [2.24, 2.45) is 17.8 Å². The molecule has 0 amide bonds. The quantitative estimate of drug-likeness (QED) is 0.0580. The first kappa shape index (κ1) is 57.2. The second kappa shape index (κ2) is 28.0. The van der Waals surface area contributed by atoms with Crippen molar-refractivity contribution in [3.8, 4) is 33.4 Å². The van der Waals surface area contributed by atoms with Gasteiger partial charge >= 0.3 is 0 Å². The van der Waals surface area contributed by atoms with Gasteiger partial charge in [-0.2, -0.15) is 0 Å². The Labute approximate surface area is 433 Å². The van der Waals surface area contributed by atoms with E-state index < -0.39 is 71.2 Å². The maximum atomic E-state index is 13.4. The van der Waals surface area contributed by atoms with Gasteiger partial charge in [0.2, 0.25) is 0 Å². The molecule has 3 aliphatic rings. The van der Waals surface area contributed by atoms with Crippen LogP contribution in [0.15, 0.2) is 109 Å². The van der Waals surface area contributed by atoms with Crippen molar-refractivity contribution < 1.29 is 67.9 Å². The molecule has 0 bridgehead atoms. The largest absolute Gasteiger partial charge is 0.348 e. The molecule has 3 heterocycles. The van der Waals surface area contributed by atoms with E-state index in [1.165, 1.54) is 25.7 Å². The zero-order valence-electron chi connectivity index (χ0n) is 42.3. The van der Waals surface area contributed by atoms with Crippen LogP contribution in [-0.4, -0.2) is 39.6 Å². The molecule has 3 saturated heterocycles. The van der Waals surface area contributed by atoms with Crippen LogP contribution in [0.5, 0.6) is 0 Å². The maximum absolute atomic E-state index is 13.4. The Morgan fingerprint density at radius 1 is 0.307 bits per heavy atom. The van der Waals surface area contributed by atoms with E-state index in [1.54, 1.807) is 72.8 Å². The minimum atomic E-state index is -1.46. The van der Waals surface area contributed by atoms with Crippen molar-refractivity contribution in [3.05, 3.63) is 178 Å². The van der Waals surface area contributed by atoms with E-state index in [-0.39, 0.29) is 16.7 Å². The molecule has 402 valence electrons. The lowest BCUT2D eigenvalue weighted by atomic mass is 10.0. The summed E-state index contributed by atoms with van der Waals surface area (Å²) in [5.74, 6) is -10.3. The van der Waals surface area contributed by atoms with Crippen LogP contribution in [0.4, 0.5) is 39.5 Å². The number of benzene rings is 6. The summed E-state index contributed by atoms with van der Waals surface area (Å²) < 4.78 is 154. The van der Waals surface area contributed by atoms with Gasteiger partial charge in [-0.1, -0.05) is 132 Å². The van der Waals surface area contributed by atoms with E-state index >= 15 is 0 Å². The second-order valence-corrected chi connectivity index (χ2v) is 19.1. The molecule has 15 heteroatoms. The molecular formula is C60H63F9O6. The number of unbranched alkanes of at least 4 members (excludes halogenated alkanes) is 3. The van der Waals surface area contributed by atoms with Crippen LogP contribution in [0.2, 0.25) is 0 Å². The number of hydrogen-bond donors (Lipinski definition) is 0. The highest BCUT2D eigenvalue weighted by Crippen LogP contribution is 2.34. The third kappa shape index (κ3) is 15.8. The first-order valence-corrected chi connectivity index (χ1v) is 25.7. The summed E-state index contributed by atoms with van der Waals surface area (Å²) >= 11 is 0. The van der Waals surface area contributed by atoms with Crippen LogP contribution in [-0.2, 0) is 28.4 Å². The highest BCUT2D eigenvalue weighted by atomic mass is 19.2. The fraction of sp³-hybridized carbons (Fsp3) is 0.400. The zero-order chi connectivity index (χ0) is 53.4. The van der Waals surface area contributed by atoms with Gasteiger partial charge in [-0.3, -0.25) is 0 Å². The summed E-state index contributed by atoms with van der Waals surface area (Å²) in [5.41, 5.74) is 5.18. The predicted molar refractivity (Wildman–Crippen MR) is 268 cm³/mol. The maximum Gasteiger partial charge on any atom is 0.194 e. The Morgan fingerprint density at radius 3 is 0.813 bits per heavy atom.